The summed E-state index contributed by atoms with van der Waals surface area (Å²) in [7, 11) is 0. The van der Waals surface area contributed by atoms with Crippen molar-refractivity contribution < 1.29 is 9.59 Å². The molecule has 1 saturated heterocycles. The first-order valence-electron chi connectivity index (χ1n) is 8.30. The molecule has 0 aromatic heterocycles. The van der Waals surface area contributed by atoms with Crippen LogP contribution in [0.25, 0.3) is 0 Å². The third-order valence-electron chi connectivity index (χ3n) is 3.95. The molecule has 21 heavy (non-hydrogen) atoms. The van der Waals surface area contributed by atoms with Crippen LogP contribution in [0.1, 0.15) is 65.2 Å². The first-order chi connectivity index (χ1) is 10.1. The fourth-order valence-electron chi connectivity index (χ4n) is 2.78. The van der Waals surface area contributed by atoms with Crippen LogP contribution in [0.3, 0.4) is 0 Å². The molecule has 0 bridgehead atoms. The van der Waals surface area contributed by atoms with E-state index in [9.17, 15) is 9.59 Å². The molecule has 1 fully saturated rings. The van der Waals surface area contributed by atoms with Crippen molar-refractivity contribution in [1.82, 2.24) is 10.2 Å². The van der Waals surface area contributed by atoms with Crippen LogP contribution in [0.5, 0.6) is 0 Å². The van der Waals surface area contributed by atoms with Gasteiger partial charge in [-0.25, -0.2) is 0 Å². The molecule has 1 aliphatic heterocycles. The van der Waals surface area contributed by atoms with Crippen molar-refractivity contribution in [3.05, 3.63) is 0 Å². The average molecular weight is 314 g/mol. The highest BCUT2D eigenvalue weighted by atomic mass is 32.2. The molecule has 0 radical (unpaired) electrons. The molecule has 1 rings (SSSR count). The van der Waals surface area contributed by atoms with Gasteiger partial charge in [0.25, 0.3) is 0 Å². The van der Waals surface area contributed by atoms with Gasteiger partial charge < -0.3 is 5.32 Å². The third-order valence-corrected chi connectivity index (χ3v) is 4.77. The number of hydrogen-bond donors (Lipinski definition) is 1. The van der Waals surface area contributed by atoms with E-state index >= 15 is 0 Å². The zero-order valence-electron chi connectivity index (χ0n) is 13.5. The summed E-state index contributed by atoms with van der Waals surface area (Å²) in [6, 6.07) is 0. The summed E-state index contributed by atoms with van der Waals surface area (Å²) in [5, 5.41) is 3.09. The van der Waals surface area contributed by atoms with Crippen molar-refractivity contribution in [3.63, 3.8) is 0 Å². The van der Waals surface area contributed by atoms with Gasteiger partial charge in [-0.2, -0.15) is 0 Å². The maximum atomic E-state index is 11.9. The van der Waals surface area contributed by atoms with Crippen molar-refractivity contribution >= 4 is 22.8 Å². The van der Waals surface area contributed by atoms with Gasteiger partial charge in [0.2, 0.25) is 5.91 Å². The molecule has 1 unspecified atom stereocenters. The Morgan fingerprint density at radius 2 is 1.57 bits per heavy atom. The zero-order valence-corrected chi connectivity index (χ0v) is 14.3. The Bertz CT molecular complexity index is 313. The zero-order chi connectivity index (χ0) is 15.5. The summed E-state index contributed by atoms with van der Waals surface area (Å²) in [6.45, 7) is 5.75. The molecule has 122 valence electrons. The number of nitrogens with one attached hydrogen (secondary N) is 1. The number of rotatable bonds is 5. The lowest BCUT2D eigenvalue weighted by molar-refractivity contribution is -0.121. The van der Waals surface area contributed by atoms with Crippen molar-refractivity contribution in [3.8, 4) is 0 Å². The van der Waals surface area contributed by atoms with Crippen LogP contribution in [0, 0.1) is 0 Å². The monoisotopic (exact) mass is 314 g/mol. The lowest BCUT2D eigenvalue weighted by atomic mass is 10.1. The van der Waals surface area contributed by atoms with E-state index < -0.39 is 0 Å². The standard InChI is InChI=1S/C16H30N2O2S/c1-3-15(17-16(20)13-21-14(2)19)18-11-9-7-5-4-6-8-10-12-18/h15H,3-13H2,1-2H3,(H,17,20). The molecular weight excluding hydrogens is 284 g/mol. The summed E-state index contributed by atoms with van der Waals surface area (Å²) >= 11 is 1.08. The highest BCUT2D eigenvalue weighted by molar-refractivity contribution is 8.14. The van der Waals surface area contributed by atoms with E-state index in [1.165, 1.54) is 51.9 Å². The molecule has 5 heteroatoms. The van der Waals surface area contributed by atoms with Gasteiger partial charge in [-0.1, -0.05) is 50.8 Å². The third kappa shape index (κ3) is 8.47. The summed E-state index contributed by atoms with van der Waals surface area (Å²) in [4.78, 5) is 25.3. The summed E-state index contributed by atoms with van der Waals surface area (Å²) in [6.07, 6.45) is 10.1. The van der Waals surface area contributed by atoms with Gasteiger partial charge >= 0.3 is 0 Å². The van der Waals surface area contributed by atoms with E-state index in [1.807, 2.05) is 0 Å². The second-order valence-corrected chi connectivity index (χ2v) is 6.93. The van der Waals surface area contributed by atoms with E-state index in [0.717, 1.165) is 31.3 Å². The highest BCUT2D eigenvalue weighted by Crippen LogP contribution is 2.14. The molecular formula is C16H30N2O2S. The van der Waals surface area contributed by atoms with Crippen LogP contribution in [0.4, 0.5) is 0 Å². The summed E-state index contributed by atoms with van der Waals surface area (Å²) in [5.74, 6) is 0.207. The Morgan fingerprint density at radius 3 is 2.05 bits per heavy atom. The van der Waals surface area contributed by atoms with Crippen molar-refractivity contribution in [2.45, 2.75) is 71.4 Å². The van der Waals surface area contributed by atoms with Gasteiger partial charge in [0, 0.05) is 20.0 Å². The van der Waals surface area contributed by atoms with Crippen LogP contribution in [-0.4, -0.2) is 40.9 Å². The number of nitrogens with zero attached hydrogens (tertiary/aromatic N) is 1. The van der Waals surface area contributed by atoms with Gasteiger partial charge in [-0.05, 0) is 19.3 Å². The van der Waals surface area contributed by atoms with E-state index in [2.05, 4.69) is 17.1 Å². The summed E-state index contributed by atoms with van der Waals surface area (Å²) < 4.78 is 0. The molecule has 0 saturated carbocycles. The van der Waals surface area contributed by atoms with Crippen molar-refractivity contribution in [1.29, 1.82) is 0 Å². The Kier molecular flexibility index (Phi) is 9.76. The van der Waals surface area contributed by atoms with Crippen molar-refractivity contribution in [2.75, 3.05) is 18.8 Å². The molecule has 1 atom stereocenters. The number of thioether (sulfide) groups is 1. The lowest BCUT2D eigenvalue weighted by Crippen LogP contribution is -2.49. The highest BCUT2D eigenvalue weighted by Gasteiger charge is 2.19. The minimum Gasteiger partial charge on any atom is -0.340 e. The van der Waals surface area contributed by atoms with Gasteiger partial charge in [-0.3, -0.25) is 14.5 Å². The number of carbonyl (C=O) groups is 2. The fourth-order valence-corrected chi connectivity index (χ4v) is 3.20. The Morgan fingerprint density at radius 1 is 1.05 bits per heavy atom. The molecule has 0 aromatic carbocycles. The van der Waals surface area contributed by atoms with Gasteiger partial charge in [0.1, 0.15) is 0 Å². The van der Waals surface area contributed by atoms with Gasteiger partial charge in [-0.15, -0.1) is 0 Å². The SMILES string of the molecule is CCC(NC(=O)CSC(C)=O)N1CCCCCCCCC1. The number of hydrogen-bond acceptors (Lipinski definition) is 4. The average Bonchev–Trinajstić information content (AvgIpc) is 2.48. The molecule has 0 aromatic rings. The van der Waals surface area contributed by atoms with E-state index in [4.69, 9.17) is 0 Å². The van der Waals surface area contributed by atoms with Gasteiger partial charge in [0.15, 0.2) is 5.12 Å². The maximum absolute atomic E-state index is 11.9. The van der Waals surface area contributed by atoms with Crippen LogP contribution in [0.2, 0.25) is 0 Å². The normalized spacial score (nSPS) is 19.7. The molecule has 0 spiro atoms. The predicted octanol–water partition coefficient (Wildman–Crippen LogP) is 3.16. The topological polar surface area (TPSA) is 49.4 Å². The predicted molar refractivity (Wildman–Crippen MR) is 89.3 cm³/mol. The Hall–Kier alpha value is -0.550. The van der Waals surface area contributed by atoms with E-state index in [1.54, 1.807) is 0 Å². The first kappa shape index (κ1) is 18.5. The Balaban J connectivity index is 2.45. The summed E-state index contributed by atoms with van der Waals surface area (Å²) in [5.41, 5.74) is 0. The van der Waals surface area contributed by atoms with Gasteiger partial charge in [0.05, 0.1) is 11.9 Å². The molecule has 4 nitrogen and oxygen atoms in total. The van der Waals surface area contributed by atoms with Crippen LogP contribution in [0.15, 0.2) is 0 Å². The second-order valence-electron chi connectivity index (χ2n) is 5.78. The quantitative estimate of drug-likeness (QED) is 0.847. The van der Waals surface area contributed by atoms with Crippen LogP contribution in [-0.2, 0) is 9.59 Å². The van der Waals surface area contributed by atoms with E-state index in [-0.39, 0.29) is 22.9 Å². The van der Waals surface area contributed by atoms with Crippen LogP contribution >= 0.6 is 11.8 Å². The molecule has 1 heterocycles. The first-order valence-corrected chi connectivity index (χ1v) is 9.28. The molecule has 1 amide bonds. The van der Waals surface area contributed by atoms with Crippen LogP contribution < -0.4 is 5.32 Å². The minimum absolute atomic E-state index is 0.00260. The fraction of sp³-hybridized carbons (Fsp3) is 0.875. The molecule has 1 aliphatic rings. The largest absolute Gasteiger partial charge is 0.340 e. The molecule has 1 N–H and O–H groups in total. The smallest absolute Gasteiger partial charge is 0.231 e. The number of amides is 1. The lowest BCUT2D eigenvalue weighted by Gasteiger charge is -2.32. The molecule has 0 aliphatic carbocycles. The van der Waals surface area contributed by atoms with Crippen molar-refractivity contribution in [2.24, 2.45) is 0 Å². The second kappa shape index (κ2) is 11.1. The van der Waals surface area contributed by atoms with E-state index in [0.29, 0.717) is 0 Å². The minimum atomic E-state index is -0.0286. The maximum Gasteiger partial charge on any atom is 0.231 e. The number of carbonyl (C=O) groups excluding carboxylic acids is 2. The Labute approximate surface area is 133 Å².